The maximum atomic E-state index is 12.1. The van der Waals surface area contributed by atoms with Crippen molar-refractivity contribution in [3.63, 3.8) is 0 Å². The van der Waals surface area contributed by atoms with Gasteiger partial charge in [-0.1, -0.05) is 12.1 Å². The molecule has 0 unspecified atom stereocenters. The van der Waals surface area contributed by atoms with Gasteiger partial charge in [0.2, 0.25) is 5.91 Å². The molecule has 0 aliphatic heterocycles. The van der Waals surface area contributed by atoms with Gasteiger partial charge in [0, 0.05) is 13.6 Å². The van der Waals surface area contributed by atoms with Crippen molar-refractivity contribution in [2.24, 2.45) is 0 Å². The fourth-order valence-corrected chi connectivity index (χ4v) is 2.34. The second-order valence-electron chi connectivity index (χ2n) is 5.11. The summed E-state index contributed by atoms with van der Waals surface area (Å²) in [6.07, 6.45) is 0. The molecule has 6 nitrogen and oxygen atoms in total. The molecule has 0 fully saturated rings. The summed E-state index contributed by atoms with van der Waals surface area (Å²) in [5, 5.41) is 2.54. The molecule has 1 heterocycles. The molecule has 24 heavy (non-hydrogen) atoms. The van der Waals surface area contributed by atoms with Crippen LogP contribution in [0.5, 0.6) is 5.75 Å². The van der Waals surface area contributed by atoms with Crippen molar-refractivity contribution < 1.29 is 18.7 Å². The quantitative estimate of drug-likeness (QED) is 0.783. The number of hydrogen-bond acceptors (Lipinski definition) is 4. The van der Waals surface area contributed by atoms with Crippen LogP contribution >= 0.6 is 15.9 Å². The molecule has 1 aromatic heterocycles. The number of ether oxygens (including phenoxy) is 1. The van der Waals surface area contributed by atoms with Crippen molar-refractivity contribution in [2.75, 3.05) is 20.2 Å². The van der Waals surface area contributed by atoms with Crippen molar-refractivity contribution in [1.29, 1.82) is 0 Å². The number of hydrogen-bond donors (Lipinski definition) is 1. The molecule has 2 amide bonds. The van der Waals surface area contributed by atoms with Crippen molar-refractivity contribution in [2.45, 2.75) is 13.5 Å². The van der Waals surface area contributed by atoms with Gasteiger partial charge in [0.05, 0.1) is 13.2 Å². The van der Waals surface area contributed by atoms with E-state index >= 15 is 0 Å². The van der Waals surface area contributed by atoms with Crippen molar-refractivity contribution in [3.8, 4) is 5.75 Å². The number of halogens is 1. The molecule has 0 saturated carbocycles. The Balaban J connectivity index is 1.82. The van der Waals surface area contributed by atoms with Gasteiger partial charge in [0.15, 0.2) is 10.4 Å². The molecular weight excluding hydrogens is 376 g/mol. The van der Waals surface area contributed by atoms with Gasteiger partial charge in [-0.2, -0.15) is 0 Å². The second kappa shape index (κ2) is 8.54. The first-order valence-corrected chi connectivity index (χ1v) is 8.28. The number of likely N-dealkylation sites (N-methyl/N-ethyl adjacent to an activating group) is 1. The highest BCUT2D eigenvalue weighted by Gasteiger charge is 2.14. The van der Waals surface area contributed by atoms with E-state index < -0.39 is 5.91 Å². The lowest BCUT2D eigenvalue weighted by Crippen LogP contribution is -2.37. The van der Waals surface area contributed by atoms with Crippen molar-refractivity contribution >= 4 is 27.7 Å². The summed E-state index contributed by atoms with van der Waals surface area (Å²) in [7, 11) is 1.69. The van der Waals surface area contributed by atoms with Crippen LogP contribution in [0.4, 0.5) is 0 Å². The van der Waals surface area contributed by atoms with E-state index in [-0.39, 0.29) is 18.2 Å². The van der Waals surface area contributed by atoms with Crippen LogP contribution in [0.3, 0.4) is 0 Å². The van der Waals surface area contributed by atoms with E-state index in [1.807, 2.05) is 31.2 Å². The Hall–Kier alpha value is -2.28. The predicted molar refractivity (Wildman–Crippen MR) is 92.8 cm³/mol. The topological polar surface area (TPSA) is 71.8 Å². The summed E-state index contributed by atoms with van der Waals surface area (Å²) in [6.45, 7) is 2.90. The summed E-state index contributed by atoms with van der Waals surface area (Å²) < 4.78 is 11.0. The number of furan rings is 1. The summed E-state index contributed by atoms with van der Waals surface area (Å²) in [6, 6.07) is 10.7. The van der Waals surface area contributed by atoms with E-state index in [4.69, 9.17) is 9.15 Å². The predicted octanol–water partition coefficient (Wildman–Crippen LogP) is 2.83. The summed E-state index contributed by atoms with van der Waals surface area (Å²) in [5.41, 5.74) is 0.982. The lowest BCUT2D eigenvalue weighted by molar-refractivity contribution is -0.129. The highest BCUT2D eigenvalue weighted by Crippen LogP contribution is 2.14. The van der Waals surface area contributed by atoms with Gasteiger partial charge in [0.1, 0.15) is 5.75 Å². The maximum Gasteiger partial charge on any atom is 0.287 e. The van der Waals surface area contributed by atoms with Crippen LogP contribution in [0.15, 0.2) is 45.5 Å². The smallest absolute Gasteiger partial charge is 0.287 e. The third-order valence-electron chi connectivity index (χ3n) is 3.28. The van der Waals surface area contributed by atoms with E-state index in [1.54, 1.807) is 18.0 Å². The SMILES string of the molecule is CCOc1ccc(CN(C)C(=O)CNC(=O)c2ccc(Br)o2)cc1. The van der Waals surface area contributed by atoms with Gasteiger partial charge in [-0.3, -0.25) is 9.59 Å². The van der Waals surface area contributed by atoms with Crippen LogP contribution in [0, 0.1) is 0 Å². The molecule has 2 rings (SSSR count). The standard InChI is InChI=1S/C17H19BrN2O4/c1-3-23-13-6-4-12(5-7-13)11-20(2)16(21)10-19-17(22)14-8-9-15(18)24-14/h4-9H,3,10-11H2,1-2H3,(H,19,22). The Bertz CT molecular complexity index is 697. The van der Waals surface area contributed by atoms with Crippen LogP contribution in [0.2, 0.25) is 0 Å². The number of benzene rings is 1. The van der Waals surface area contributed by atoms with Crippen LogP contribution in [0.1, 0.15) is 23.0 Å². The maximum absolute atomic E-state index is 12.1. The number of nitrogens with zero attached hydrogens (tertiary/aromatic N) is 1. The Morgan fingerprint density at radius 2 is 1.92 bits per heavy atom. The van der Waals surface area contributed by atoms with Crippen LogP contribution in [0.25, 0.3) is 0 Å². The van der Waals surface area contributed by atoms with E-state index in [9.17, 15) is 9.59 Å². The average molecular weight is 395 g/mol. The number of amides is 2. The zero-order valence-corrected chi connectivity index (χ0v) is 15.1. The molecule has 128 valence electrons. The Labute approximate surface area is 148 Å². The number of nitrogens with one attached hydrogen (secondary N) is 1. The van der Waals surface area contributed by atoms with Gasteiger partial charge in [-0.05, 0) is 52.7 Å². The molecule has 1 N–H and O–H groups in total. The fourth-order valence-electron chi connectivity index (χ4n) is 2.03. The largest absolute Gasteiger partial charge is 0.494 e. The van der Waals surface area contributed by atoms with E-state index in [0.717, 1.165) is 11.3 Å². The lowest BCUT2D eigenvalue weighted by Gasteiger charge is -2.17. The van der Waals surface area contributed by atoms with E-state index in [0.29, 0.717) is 17.8 Å². The third kappa shape index (κ3) is 5.13. The minimum absolute atomic E-state index is 0.0926. The highest BCUT2D eigenvalue weighted by molar-refractivity contribution is 9.10. The minimum atomic E-state index is -0.427. The summed E-state index contributed by atoms with van der Waals surface area (Å²) >= 11 is 3.12. The fraction of sp³-hybridized carbons (Fsp3) is 0.294. The Kier molecular flexibility index (Phi) is 6.43. The molecule has 0 aliphatic carbocycles. The lowest BCUT2D eigenvalue weighted by atomic mass is 10.2. The molecule has 1 aromatic carbocycles. The zero-order valence-electron chi connectivity index (χ0n) is 13.5. The molecule has 0 radical (unpaired) electrons. The molecule has 0 bridgehead atoms. The molecular formula is C17H19BrN2O4. The van der Waals surface area contributed by atoms with E-state index in [1.165, 1.54) is 6.07 Å². The van der Waals surface area contributed by atoms with Crippen molar-refractivity contribution in [3.05, 3.63) is 52.4 Å². The van der Waals surface area contributed by atoms with Gasteiger partial charge >= 0.3 is 0 Å². The molecule has 0 spiro atoms. The molecule has 7 heteroatoms. The van der Waals surface area contributed by atoms with Gasteiger partial charge in [0.25, 0.3) is 5.91 Å². The van der Waals surface area contributed by atoms with Crippen LogP contribution < -0.4 is 10.1 Å². The van der Waals surface area contributed by atoms with Gasteiger partial charge in [-0.15, -0.1) is 0 Å². The minimum Gasteiger partial charge on any atom is -0.494 e. The van der Waals surface area contributed by atoms with Crippen LogP contribution in [-0.4, -0.2) is 36.9 Å². The first-order chi connectivity index (χ1) is 11.5. The summed E-state index contributed by atoms with van der Waals surface area (Å²) in [5.74, 6) is 0.335. The first kappa shape index (κ1) is 18.1. The highest BCUT2D eigenvalue weighted by atomic mass is 79.9. The number of carbonyl (C=O) groups is 2. The van der Waals surface area contributed by atoms with E-state index in [2.05, 4.69) is 21.2 Å². The monoisotopic (exact) mass is 394 g/mol. The number of carbonyl (C=O) groups excluding carboxylic acids is 2. The molecule has 0 atom stereocenters. The van der Waals surface area contributed by atoms with Gasteiger partial charge in [-0.25, -0.2) is 0 Å². The Morgan fingerprint density at radius 1 is 1.21 bits per heavy atom. The van der Waals surface area contributed by atoms with Gasteiger partial charge < -0.3 is 19.4 Å². The van der Waals surface area contributed by atoms with Crippen molar-refractivity contribution in [1.82, 2.24) is 10.2 Å². The average Bonchev–Trinajstić information content (AvgIpc) is 3.01. The Morgan fingerprint density at radius 3 is 2.50 bits per heavy atom. The molecule has 0 aliphatic rings. The normalized spacial score (nSPS) is 10.3. The second-order valence-corrected chi connectivity index (χ2v) is 5.89. The first-order valence-electron chi connectivity index (χ1n) is 7.49. The zero-order chi connectivity index (χ0) is 17.5. The molecule has 0 saturated heterocycles. The number of rotatable bonds is 7. The molecule has 2 aromatic rings. The van der Waals surface area contributed by atoms with Crippen LogP contribution in [-0.2, 0) is 11.3 Å². The third-order valence-corrected chi connectivity index (χ3v) is 3.70. The summed E-state index contributed by atoms with van der Waals surface area (Å²) in [4.78, 5) is 25.5.